The van der Waals surface area contributed by atoms with Crippen LogP contribution >= 0.6 is 11.6 Å². The first-order valence-corrected chi connectivity index (χ1v) is 9.42. The lowest BCUT2D eigenvalue weighted by atomic mass is 9.99. The van der Waals surface area contributed by atoms with E-state index >= 15 is 0 Å². The first-order chi connectivity index (χ1) is 12.7. The Morgan fingerprint density at radius 2 is 1.85 bits per heavy atom. The zero-order chi connectivity index (χ0) is 19.6. The van der Waals surface area contributed by atoms with Gasteiger partial charge in [-0.25, -0.2) is 8.78 Å². The third-order valence-electron chi connectivity index (χ3n) is 5.27. The van der Waals surface area contributed by atoms with Gasteiger partial charge in [-0.15, -0.1) is 0 Å². The highest BCUT2D eigenvalue weighted by Crippen LogP contribution is 2.37. The third kappa shape index (κ3) is 5.07. The monoisotopic (exact) mass is 398 g/mol. The van der Waals surface area contributed by atoms with E-state index in [0.717, 1.165) is 5.56 Å². The second kappa shape index (κ2) is 7.98. The molecule has 1 atom stereocenters. The van der Waals surface area contributed by atoms with Gasteiger partial charge in [0, 0.05) is 36.6 Å². The molecule has 1 aromatic carbocycles. The molecule has 5 N–H and O–H groups in total. The van der Waals surface area contributed by atoms with Crippen LogP contribution in [0, 0.1) is 5.41 Å². The van der Waals surface area contributed by atoms with Crippen LogP contribution in [-0.4, -0.2) is 59.4 Å². The summed E-state index contributed by atoms with van der Waals surface area (Å²) >= 11 is 5.92. The van der Waals surface area contributed by atoms with E-state index in [1.165, 1.54) is 0 Å². The molecule has 148 valence electrons. The molecule has 0 aliphatic carbocycles. The number of guanidine groups is 2. The van der Waals surface area contributed by atoms with Gasteiger partial charge in [0.05, 0.1) is 6.54 Å². The zero-order valence-electron chi connectivity index (χ0n) is 15.0. The number of hydrogen-bond acceptors (Lipinski definition) is 2. The maximum absolute atomic E-state index is 14.2. The molecule has 1 unspecified atom stereocenters. The van der Waals surface area contributed by atoms with E-state index in [1.54, 1.807) is 17.0 Å². The molecule has 2 fully saturated rings. The summed E-state index contributed by atoms with van der Waals surface area (Å²) in [7, 11) is 0. The van der Waals surface area contributed by atoms with Crippen LogP contribution in [0.5, 0.6) is 0 Å². The van der Waals surface area contributed by atoms with Crippen molar-refractivity contribution in [3.05, 3.63) is 34.9 Å². The first-order valence-electron chi connectivity index (χ1n) is 9.05. The highest BCUT2D eigenvalue weighted by Gasteiger charge is 2.47. The Balaban J connectivity index is 1.64. The van der Waals surface area contributed by atoms with Crippen molar-refractivity contribution in [3.63, 3.8) is 0 Å². The Morgan fingerprint density at radius 3 is 2.44 bits per heavy atom. The number of nitrogens with zero attached hydrogens (tertiary/aromatic N) is 3. The summed E-state index contributed by atoms with van der Waals surface area (Å²) in [5.41, 5.74) is 11.6. The van der Waals surface area contributed by atoms with Gasteiger partial charge in [-0.1, -0.05) is 23.7 Å². The van der Waals surface area contributed by atoms with E-state index in [2.05, 4.69) is 4.99 Å². The molecule has 2 aliphatic rings. The van der Waals surface area contributed by atoms with Gasteiger partial charge >= 0.3 is 0 Å². The van der Waals surface area contributed by atoms with E-state index in [9.17, 15) is 8.78 Å². The number of rotatable bonds is 3. The number of nitrogens with one attached hydrogen (secondary N) is 1. The van der Waals surface area contributed by atoms with E-state index in [4.69, 9.17) is 28.5 Å². The molecule has 1 aromatic rings. The smallest absolute Gasteiger partial charge is 0.262 e. The van der Waals surface area contributed by atoms with Crippen LogP contribution in [0.25, 0.3) is 0 Å². The Kier molecular flexibility index (Phi) is 5.86. The largest absolute Gasteiger partial charge is 0.370 e. The number of piperidine rings is 1. The lowest BCUT2D eigenvalue weighted by Crippen LogP contribution is -2.49. The Morgan fingerprint density at radius 1 is 1.22 bits per heavy atom. The van der Waals surface area contributed by atoms with Crippen molar-refractivity contribution in [2.45, 2.75) is 43.7 Å². The number of hydrogen-bond donors (Lipinski definition) is 3. The topological polar surface area (TPSA) is 94.7 Å². The molecule has 2 saturated heterocycles. The van der Waals surface area contributed by atoms with Crippen molar-refractivity contribution in [2.24, 2.45) is 16.5 Å². The van der Waals surface area contributed by atoms with Crippen LogP contribution in [0.15, 0.2) is 29.3 Å². The van der Waals surface area contributed by atoms with Crippen molar-refractivity contribution in [3.8, 4) is 0 Å². The zero-order valence-corrected chi connectivity index (χ0v) is 15.8. The maximum atomic E-state index is 14.2. The van der Waals surface area contributed by atoms with Gasteiger partial charge in [-0.3, -0.25) is 10.3 Å². The number of halogens is 3. The number of aliphatic imine (C=N–C) groups is 1. The Hall–Kier alpha value is -1.93. The maximum Gasteiger partial charge on any atom is 0.262 e. The van der Waals surface area contributed by atoms with Crippen LogP contribution in [0.1, 0.15) is 24.8 Å². The lowest BCUT2D eigenvalue weighted by Gasteiger charge is -2.39. The summed E-state index contributed by atoms with van der Waals surface area (Å²) in [6, 6.07) is 7.25. The molecule has 9 heteroatoms. The second-order valence-corrected chi connectivity index (χ2v) is 7.73. The number of alkyl halides is 2. The molecule has 2 aliphatic heterocycles. The predicted octanol–water partition coefficient (Wildman–Crippen LogP) is 2.26. The van der Waals surface area contributed by atoms with Gasteiger partial charge in [0.1, 0.15) is 0 Å². The van der Waals surface area contributed by atoms with Crippen molar-refractivity contribution in [1.82, 2.24) is 9.80 Å². The minimum Gasteiger partial charge on any atom is -0.370 e. The van der Waals surface area contributed by atoms with Gasteiger partial charge in [-0.05, 0) is 37.0 Å². The van der Waals surface area contributed by atoms with Crippen molar-refractivity contribution < 1.29 is 8.78 Å². The fraction of sp³-hybridized carbons (Fsp3) is 0.556. The average molecular weight is 399 g/mol. The van der Waals surface area contributed by atoms with Crippen LogP contribution in [0.2, 0.25) is 5.02 Å². The first kappa shape index (κ1) is 19.8. The van der Waals surface area contributed by atoms with E-state index in [1.807, 2.05) is 17.0 Å². The SMILES string of the molecule is N=C(N=C(N)N)N1CCC(N2CC(F)(F)CC2Cc2ccc(Cl)cc2)CC1. The summed E-state index contributed by atoms with van der Waals surface area (Å²) in [5.74, 6) is -2.79. The van der Waals surface area contributed by atoms with E-state index in [0.29, 0.717) is 37.4 Å². The summed E-state index contributed by atoms with van der Waals surface area (Å²) in [6.45, 7) is 0.952. The highest BCUT2D eigenvalue weighted by molar-refractivity contribution is 6.30. The molecule has 0 amide bonds. The van der Waals surface area contributed by atoms with Crippen molar-refractivity contribution in [1.29, 1.82) is 5.41 Å². The van der Waals surface area contributed by atoms with Gasteiger partial charge in [0.25, 0.3) is 5.92 Å². The van der Waals surface area contributed by atoms with Crippen LogP contribution in [-0.2, 0) is 6.42 Å². The number of likely N-dealkylation sites (tertiary alicyclic amines) is 2. The van der Waals surface area contributed by atoms with Crippen LogP contribution in [0.3, 0.4) is 0 Å². The molecular weight excluding hydrogens is 374 g/mol. The van der Waals surface area contributed by atoms with Crippen LogP contribution < -0.4 is 11.5 Å². The van der Waals surface area contributed by atoms with Crippen molar-refractivity contribution >= 4 is 23.5 Å². The second-order valence-electron chi connectivity index (χ2n) is 7.30. The van der Waals surface area contributed by atoms with Crippen LogP contribution in [0.4, 0.5) is 8.78 Å². The van der Waals surface area contributed by atoms with Gasteiger partial charge in [0.2, 0.25) is 5.96 Å². The standard InChI is InChI=1S/C18H25ClF2N6/c19-13-3-1-12(2-4-13)9-15-10-18(20,21)11-27(15)14-5-7-26(8-6-14)17(24)25-16(22)23/h1-4,14-15H,5-11H2,(H5,22,23,24,25). The Labute approximate surface area is 162 Å². The summed E-state index contributed by atoms with van der Waals surface area (Å²) in [5, 5.41) is 8.53. The average Bonchev–Trinajstić information content (AvgIpc) is 2.91. The quantitative estimate of drug-likeness (QED) is 0.537. The molecule has 0 spiro atoms. The number of benzene rings is 1. The fourth-order valence-corrected chi connectivity index (χ4v) is 4.16. The fourth-order valence-electron chi connectivity index (χ4n) is 4.03. The summed E-state index contributed by atoms with van der Waals surface area (Å²) in [6.07, 6.45) is 1.86. The minimum absolute atomic E-state index is 0.0258. The molecule has 0 radical (unpaired) electrons. The molecule has 0 saturated carbocycles. The number of nitrogens with two attached hydrogens (primary N) is 2. The Bertz CT molecular complexity index is 696. The van der Waals surface area contributed by atoms with Gasteiger partial charge in [0.15, 0.2) is 5.96 Å². The summed E-state index contributed by atoms with van der Waals surface area (Å²) in [4.78, 5) is 7.49. The molecular formula is C18H25ClF2N6. The normalized spacial score (nSPS) is 23.4. The van der Waals surface area contributed by atoms with E-state index in [-0.39, 0.29) is 37.0 Å². The molecule has 2 heterocycles. The molecule has 0 bridgehead atoms. The van der Waals surface area contributed by atoms with E-state index < -0.39 is 5.92 Å². The lowest BCUT2D eigenvalue weighted by molar-refractivity contribution is 0.00449. The molecule has 0 aromatic heterocycles. The predicted molar refractivity (Wildman–Crippen MR) is 103 cm³/mol. The molecule has 3 rings (SSSR count). The van der Waals surface area contributed by atoms with Gasteiger partial charge in [-0.2, -0.15) is 4.99 Å². The third-order valence-corrected chi connectivity index (χ3v) is 5.52. The van der Waals surface area contributed by atoms with Crippen molar-refractivity contribution in [2.75, 3.05) is 19.6 Å². The van der Waals surface area contributed by atoms with Gasteiger partial charge < -0.3 is 16.4 Å². The minimum atomic E-state index is -2.67. The molecule has 27 heavy (non-hydrogen) atoms. The summed E-state index contributed by atoms with van der Waals surface area (Å²) < 4.78 is 28.3. The molecule has 6 nitrogen and oxygen atoms in total. The highest BCUT2D eigenvalue weighted by atomic mass is 35.5.